The lowest BCUT2D eigenvalue weighted by Crippen LogP contribution is -2.02. The van der Waals surface area contributed by atoms with Crippen LogP contribution < -0.4 is 0 Å². The van der Waals surface area contributed by atoms with Crippen LogP contribution in [0.15, 0.2) is 41.0 Å². The van der Waals surface area contributed by atoms with Crippen molar-refractivity contribution in [3.8, 4) is 0 Å². The van der Waals surface area contributed by atoms with Gasteiger partial charge >= 0.3 is 5.97 Å². The third-order valence-corrected chi connectivity index (χ3v) is 6.90. The Balaban J connectivity index is 1.46. The van der Waals surface area contributed by atoms with Gasteiger partial charge in [-0.05, 0) is 12.2 Å². The van der Waals surface area contributed by atoms with Crippen LogP contribution in [0.2, 0.25) is 0 Å². The number of carbonyl (C=O) groups excluding carboxylic acids is 1. The largest absolute Gasteiger partial charge is 0.507 e. The average Bonchev–Trinajstić information content (AvgIpc) is 3.05. The Labute approximate surface area is 187 Å². The molecule has 3 nitrogen and oxygen atoms in total. The number of carbonyl (C=O) groups is 1. The van der Waals surface area contributed by atoms with E-state index in [1.807, 2.05) is 30.3 Å². The third-order valence-electron chi connectivity index (χ3n) is 5.74. The van der Waals surface area contributed by atoms with Crippen LogP contribution in [0.3, 0.4) is 0 Å². The molecule has 0 aromatic heterocycles. The topological polar surface area (TPSA) is 46.5 Å². The standard InChI is InChI=1S/C26H40O3S/c1-2-3-4-5-6-7-8-9-10-11-12-13-14-18-21-30-25-23(27)24(29-26(25)28)22-19-16-15-17-20-22/h15-17,19-20,24,27H,2-14,18,21H2,1H3. The van der Waals surface area contributed by atoms with Gasteiger partial charge < -0.3 is 9.84 Å². The number of rotatable bonds is 17. The first-order valence-electron chi connectivity index (χ1n) is 12.1. The second kappa shape index (κ2) is 15.4. The maximum absolute atomic E-state index is 12.1. The molecule has 1 N–H and O–H groups in total. The Morgan fingerprint density at radius 1 is 0.800 bits per heavy atom. The van der Waals surface area contributed by atoms with Gasteiger partial charge in [0, 0.05) is 5.56 Å². The predicted molar refractivity (Wildman–Crippen MR) is 128 cm³/mol. The highest BCUT2D eigenvalue weighted by atomic mass is 32.2. The molecule has 1 aliphatic heterocycles. The van der Waals surface area contributed by atoms with E-state index in [2.05, 4.69) is 6.92 Å². The van der Waals surface area contributed by atoms with Crippen molar-refractivity contribution in [1.82, 2.24) is 0 Å². The van der Waals surface area contributed by atoms with E-state index >= 15 is 0 Å². The van der Waals surface area contributed by atoms with Crippen molar-refractivity contribution in [2.45, 2.75) is 103 Å². The molecule has 4 heteroatoms. The lowest BCUT2D eigenvalue weighted by Gasteiger charge is -2.09. The van der Waals surface area contributed by atoms with Crippen LogP contribution in [0.5, 0.6) is 0 Å². The second-order valence-electron chi connectivity index (χ2n) is 8.36. The van der Waals surface area contributed by atoms with Crippen molar-refractivity contribution in [3.05, 3.63) is 46.6 Å². The summed E-state index contributed by atoms with van der Waals surface area (Å²) >= 11 is 1.44. The molecule has 30 heavy (non-hydrogen) atoms. The Kier molecular flexibility index (Phi) is 12.7. The van der Waals surface area contributed by atoms with Crippen molar-refractivity contribution in [2.75, 3.05) is 5.75 Å². The number of thioether (sulfide) groups is 1. The molecular formula is C26H40O3S. The van der Waals surface area contributed by atoms with Crippen LogP contribution in [0.4, 0.5) is 0 Å². The normalized spacial score (nSPS) is 16.3. The monoisotopic (exact) mass is 432 g/mol. The fraction of sp³-hybridized carbons (Fsp3) is 0.654. The van der Waals surface area contributed by atoms with Gasteiger partial charge in [0.1, 0.15) is 4.91 Å². The Morgan fingerprint density at radius 3 is 1.83 bits per heavy atom. The summed E-state index contributed by atoms with van der Waals surface area (Å²) in [7, 11) is 0. The highest BCUT2D eigenvalue weighted by molar-refractivity contribution is 8.04. The number of ether oxygens (including phenoxy) is 1. The molecule has 1 heterocycles. The van der Waals surface area contributed by atoms with Gasteiger partial charge in [0.15, 0.2) is 11.9 Å². The van der Waals surface area contributed by atoms with Crippen LogP contribution in [-0.4, -0.2) is 16.8 Å². The minimum absolute atomic E-state index is 0.0709. The van der Waals surface area contributed by atoms with Gasteiger partial charge in [-0.2, -0.15) is 0 Å². The van der Waals surface area contributed by atoms with Crippen LogP contribution in [-0.2, 0) is 9.53 Å². The minimum Gasteiger partial charge on any atom is -0.507 e. The second-order valence-corrected chi connectivity index (χ2v) is 9.46. The number of hydrogen-bond donors (Lipinski definition) is 1. The van der Waals surface area contributed by atoms with Crippen LogP contribution in [0.25, 0.3) is 0 Å². The van der Waals surface area contributed by atoms with E-state index in [1.54, 1.807) is 0 Å². The number of hydrogen-bond acceptors (Lipinski definition) is 4. The first-order chi connectivity index (χ1) is 14.7. The Bertz CT molecular complexity index is 626. The molecule has 0 bridgehead atoms. The highest BCUT2D eigenvalue weighted by Gasteiger charge is 2.35. The van der Waals surface area contributed by atoms with E-state index in [0.29, 0.717) is 4.91 Å². The molecule has 1 unspecified atom stereocenters. The summed E-state index contributed by atoms with van der Waals surface area (Å²) in [5, 5.41) is 10.4. The molecule has 0 saturated heterocycles. The average molecular weight is 433 g/mol. The SMILES string of the molecule is CCCCCCCCCCCCCCCCSC1=C(O)C(c2ccccc2)OC1=O. The van der Waals surface area contributed by atoms with Gasteiger partial charge in [-0.25, -0.2) is 4.79 Å². The number of aliphatic hydroxyl groups excluding tert-OH is 1. The molecule has 168 valence electrons. The summed E-state index contributed by atoms with van der Waals surface area (Å²) in [5.74, 6) is 0.534. The van der Waals surface area contributed by atoms with Crippen molar-refractivity contribution in [1.29, 1.82) is 0 Å². The summed E-state index contributed by atoms with van der Waals surface area (Å²) in [6, 6.07) is 9.42. The molecule has 0 radical (unpaired) electrons. The first-order valence-corrected chi connectivity index (χ1v) is 13.0. The summed E-state index contributed by atoms with van der Waals surface area (Å²) in [6.07, 6.45) is 18.1. The quantitative estimate of drug-likeness (QED) is 0.199. The maximum atomic E-state index is 12.1. The van der Waals surface area contributed by atoms with Crippen LogP contribution in [0.1, 0.15) is 108 Å². The van der Waals surface area contributed by atoms with Gasteiger partial charge in [0.25, 0.3) is 0 Å². The predicted octanol–water partition coefficient (Wildman–Crippen LogP) is 8.27. The zero-order valence-corrected chi connectivity index (χ0v) is 19.6. The van der Waals surface area contributed by atoms with Crippen LogP contribution in [0, 0.1) is 0 Å². The lowest BCUT2D eigenvalue weighted by molar-refractivity contribution is -0.139. The van der Waals surface area contributed by atoms with Crippen molar-refractivity contribution in [3.63, 3.8) is 0 Å². The highest BCUT2D eigenvalue weighted by Crippen LogP contribution is 2.38. The van der Waals surface area contributed by atoms with E-state index in [1.165, 1.54) is 95.2 Å². The van der Waals surface area contributed by atoms with Gasteiger partial charge in [0.05, 0.1) is 0 Å². The Hall–Kier alpha value is -1.42. The molecule has 0 aliphatic carbocycles. The third kappa shape index (κ3) is 9.16. The van der Waals surface area contributed by atoms with Gasteiger partial charge in [0.2, 0.25) is 0 Å². The molecule has 2 rings (SSSR count). The number of esters is 1. The molecule has 1 aromatic carbocycles. The van der Waals surface area contributed by atoms with E-state index in [4.69, 9.17) is 4.74 Å². The number of unbranched alkanes of at least 4 members (excludes halogenated alkanes) is 13. The molecule has 0 saturated carbocycles. The Morgan fingerprint density at radius 2 is 1.30 bits per heavy atom. The van der Waals surface area contributed by atoms with Gasteiger partial charge in [-0.3, -0.25) is 0 Å². The molecular weight excluding hydrogens is 392 g/mol. The zero-order chi connectivity index (χ0) is 21.4. The summed E-state index contributed by atoms with van der Waals surface area (Å²) in [6.45, 7) is 2.27. The molecule has 1 atom stereocenters. The fourth-order valence-corrected chi connectivity index (χ4v) is 4.87. The van der Waals surface area contributed by atoms with E-state index in [0.717, 1.165) is 17.7 Å². The van der Waals surface area contributed by atoms with E-state index < -0.39 is 12.1 Å². The smallest absolute Gasteiger partial charge is 0.349 e. The molecule has 0 spiro atoms. The minimum atomic E-state index is -0.641. The van der Waals surface area contributed by atoms with Crippen LogP contribution >= 0.6 is 11.8 Å². The molecule has 0 fully saturated rings. The number of benzene rings is 1. The zero-order valence-electron chi connectivity index (χ0n) is 18.7. The first kappa shape index (κ1) is 24.8. The number of cyclic esters (lactones) is 1. The maximum Gasteiger partial charge on any atom is 0.349 e. The van der Waals surface area contributed by atoms with Gasteiger partial charge in [-0.15, -0.1) is 11.8 Å². The van der Waals surface area contributed by atoms with Crippen molar-refractivity contribution < 1.29 is 14.6 Å². The number of aliphatic hydroxyl groups is 1. The van der Waals surface area contributed by atoms with E-state index in [9.17, 15) is 9.90 Å². The van der Waals surface area contributed by atoms with Crippen molar-refractivity contribution >= 4 is 17.7 Å². The van der Waals surface area contributed by atoms with Gasteiger partial charge in [-0.1, -0.05) is 121 Å². The van der Waals surface area contributed by atoms with Crippen molar-refractivity contribution in [2.24, 2.45) is 0 Å². The van der Waals surface area contributed by atoms with E-state index in [-0.39, 0.29) is 5.76 Å². The summed E-state index contributed by atoms with van der Waals surface area (Å²) < 4.78 is 5.36. The summed E-state index contributed by atoms with van der Waals surface area (Å²) in [4.78, 5) is 12.5. The molecule has 0 amide bonds. The molecule has 1 aromatic rings. The molecule has 1 aliphatic rings. The summed E-state index contributed by atoms with van der Waals surface area (Å²) in [5.41, 5.74) is 0.815. The lowest BCUT2D eigenvalue weighted by atomic mass is 10.0. The fourth-order valence-electron chi connectivity index (χ4n) is 3.90.